The molecule has 3 rings (SSSR count). The van der Waals surface area contributed by atoms with Gasteiger partial charge in [-0.3, -0.25) is 0 Å². The molecule has 2 fully saturated rings. The molecule has 0 amide bonds. The Balaban J connectivity index is 1.75. The van der Waals surface area contributed by atoms with Crippen LogP contribution in [0.1, 0.15) is 39.2 Å². The third-order valence-electron chi connectivity index (χ3n) is 4.74. The Kier molecular flexibility index (Phi) is 3.16. The third-order valence-corrected chi connectivity index (χ3v) is 5.11. The summed E-state index contributed by atoms with van der Waals surface area (Å²) in [5.74, 6) is 0. The van der Waals surface area contributed by atoms with Gasteiger partial charge < -0.3 is 9.47 Å². The van der Waals surface area contributed by atoms with Crippen LogP contribution >= 0.6 is 11.6 Å². The zero-order valence-corrected chi connectivity index (χ0v) is 12.5. The van der Waals surface area contributed by atoms with Crippen LogP contribution in [0.3, 0.4) is 0 Å². The molecule has 3 unspecified atom stereocenters. The van der Waals surface area contributed by atoms with E-state index >= 15 is 0 Å². The van der Waals surface area contributed by atoms with Gasteiger partial charge in [0.15, 0.2) is 0 Å². The van der Waals surface area contributed by atoms with Crippen molar-refractivity contribution < 1.29 is 9.47 Å². The smallest absolute Gasteiger partial charge is 0.0942 e. The van der Waals surface area contributed by atoms with Gasteiger partial charge in [0.05, 0.1) is 24.4 Å². The number of fused-ring (bicyclic) bond motifs is 2. The maximum Gasteiger partial charge on any atom is 0.0942 e. The first kappa shape index (κ1) is 13.4. The van der Waals surface area contributed by atoms with Crippen LogP contribution in [0.25, 0.3) is 0 Å². The predicted molar refractivity (Wildman–Crippen MR) is 76.3 cm³/mol. The van der Waals surface area contributed by atoms with Gasteiger partial charge in [0.2, 0.25) is 0 Å². The Morgan fingerprint density at radius 3 is 2.68 bits per heavy atom. The molecule has 0 N–H and O–H groups in total. The summed E-state index contributed by atoms with van der Waals surface area (Å²) in [6.07, 6.45) is 2.70. The Bertz CT molecular complexity index is 481. The van der Waals surface area contributed by atoms with Crippen molar-refractivity contribution >= 4 is 11.6 Å². The largest absolute Gasteiger partial charge is 0.370 e. The summed E-state index contributed by atoms with van der Waals surface area (Å²) < 4.78 is 12.4. The minimum absolute atomic E-state index is 0.0776. The molecule has 19 heavy (non-hydrogen) atoms. The van der Waals surface area contributed by atoms with Crippen molar-refractivity contribution in [3.63, 3.8) is 0 Å². The summed E-state index contributed by atoms with van der Waals surface area (Å²) >= 11 is 6.18. The standard InChI is InChI=1S/C16H21ClO2/c1-15(2)13-8-9-16(3,19-13)14(15)18-10-11-6-4-5-7-12(11)17/h4-7,13-14H,8-10H2,1-3H3. The van der Waals surface area contributed by atoms with Gasteiger partial charge in [-0.25, -0.2) is 0 Å². The molecule has 2 aliphatic heterocycles. The molecule has 3 atom stereocenters. The lowest BCUT2D eigenvalue weighted by molar-refractivity contribution is -0.0887. The van der Waals surface area contributed by atoms with E-state index in [1.165, 1.54) is 0 Å². The number of benzene rings is 1. The van der Waals surface area contributed by atoms with Crippen LogP contribution < -0.4 is 0 Å². The van der Waals surface area contributed by atoms with Crippen LogP contribution in [0, 0.1) is 5.41 Å². The van der Waals surface area contributed by atoms with Crippen LogP contribution in [-0.4, -0.2) is 17.8 Å². The van der Waals surface area contributed by atoms with Crippen molar-refractivity contribution in [2.45, 2.75) is 58.0 Å². The maximum atomic E-state index is 6.21. The lowest BCUT2D eigenvalue weighted by Crippen LogP contribution is -2.47. The van der Waals surface area contributed by atoms with Crippen LogP contribution in [0.15, 0.2) is 24.3 Å². The van der Waals surface area contributed by atoms with Gasteiger partial charge in [-0.15, -0.1) is 0 Å². The number of rotatable bonds is 3. The van der Waals surface area contributed by atoms with Gasteiger partial charge >= 0.3 is 0 Å². The number of hydrogen-bond donors (Lipinski definition) is 0. The van der Waals surface area contributed by atoms with E-state index in [9.17, 15) is 0 Å². The van der Waals surface area contributed by atoms with E-state index in [0.29, 0.717) is 12.7 Å². The highest BCUT2D eigenvalue weighted by atomic mass is 35.5. The normalized spacial score (nSPS) is 35.8. The van der Waals surface area contributed by atoms with E-state index in [4.69, 9.17) is 21.1 Å². The van der Waals surface area contributed by atoms with Crippen LogP contribution in [0.2, 0.25) is 5.02 Å². The van der Waals surface area contributed by atoms with Gasteiger partial charge in [-0.1, -0.05) is 43.6 Å². The lowest BCUT2D eigenvalue weighted by Gasteiger charge is -2.38. The van der Waals surface area contributed by atoms with E-state index in [2.05, 4.69) is 20.8 Å². The third kappa shape index (κ3) is 2.10. The summed E-state index contributed by atoms with van der Waals surface area (Å²) in [6, 6.07) is 7.86. The van der Waals surface area contributed by atoms with Gasteiger partial charge in [0.1, 0.15) is 0 Å². The molecule has 1 aromatic carbocycles. The molecule has 2 saturated heterocycles. The van der Waals surface area contributed by atoms with E-state index in [-0.39, 0.29) is 17.1 Å². The summed E-state index contributed by atoms with van der Waals surface area (Å²) in [5, 5.41) is 0.773. The highest BCUT2D eigenvalue weighted by molar-refractivity contribution is 6.31. The summed E-state index contributed by atoms with van der Waals surface area (Å²) in [4.78, 5) is 0. The second-order valence-electron chi connectivity index (χ2n) is 6.56. The topological polar surface area (TPSA) is 18.5 Å². The fourth-order valence-corrected chi connectivity index (χ4v) is 3.90. The van der Waals surface area contributed by atoms with Crippen molar-refractivity contribution in [1.82, 2.24) is 0 Å². The quantitative estimate of drug-likeness (QED) is 0.826. The van der Waals surface area contributed by atoms with Gasteiger partial charge in [0, 0.05) is 10.4 Å². The summed E-state index contributed by atoms with van der Waals surface area (Å²) in [6.45, 7) is 7.23. The second-order valence-corrected chi connectivity index (χ2v) is 6.97. The van der Waals surface area contributed by atoms with Crippen LogP contribution in [-0.2, 0) is 16.1 Å². The first-order valence-corrected chi connectivity index (χ1v) is 7.34. The van der Waals surface area contributed by atoms with Crippen molar-refractivity contribution in [1.29, 1.82) is 0 Å². The van der Waals surface area contributed by atoms with Gasteiger partial charge in [-0.2, -0.15) is 0 Å². The molecule has 2 heterocycles. The molecule has 1 aromatic rings. The first-order chi connectivity index (χ1) is 8.93. The molecule has 2 bridgehead atoms. The number of hydrogen-bond acceptors (Lipinski definition) is 2. The van der Waals surface area contributed by atoms with Crippen molar-refractivity contribution in [3.05, 3.63) is 34.9 Å². The molecule has 2 aliphatic rings. The van der Waals surface area contributed by atoms with Crippen molar-refractivity contribution in [2.75, 3.05) is 0 Å². The monoisotopic (exact) mass is 280 g/mol. The fourth-order valence-electron chi connectivity index (χ4n) is 3.71. The highest BCUT2D eigenvalue weighted by Crippen LogP contribution is 2.55. The lowest BCUT2D eigenvalue weighted by atomic mass is 9.70. The summed E-state index contributed by atoms with van der Waals surface area (Å²) in [5.41, 5.74) is 0.996. The average Bonchev–Trinajstić information content (AvgIpc) is 2.82. The number of halogens is 1. The molecule has 0 radical (unpaired) electrons. The van der Waals surface area contributed by atoms with E-state index < -0.39 is 0 Å². The van der Waals surface area contributed by atoms with Crippen LogP contribution in [0.4, 0.5) is 0 Å². The molecule has 2 nitrogen and oxygen atoms in total. The van der Waals surface area contributed by atoms with Gasteiger partial charge in [-0.05, 0) is 31.4 Å². The van der Waals surface area contributed by atoms with E-state index in [1.54, 1.807) is 0 Å². The Morgan fingerprint density at radius 1 is 1.32 bits per heavy atom. The predicted octanol–water partition coefficient (Wildman–Crippen LogP) is 4.20. The molecular weight excluding hydrogens is 260 g/mol. The minimum Gasteiger partial charge on any atom is -0.370 e. The number of ether oxygens (including phenoxy) is 2. The highest BCUT2D eigenvalue weighted by Gasteiger charge is 2.61. The maximum absolute atomic E-state index is 6.21. The fraction of sp³-hybridized carbons (Fsp3) is 0.625. The van der Waals surface area contributed by atoms with E-state index in [1.807, 2.05) is 24.3 Å². The molecule has 0 spiro atoms. The molecular formula is C16H21ClO2. The Hall–Kier alpha value is -0.570. The molecule has 0 aromatic heterocycles. The zero-order valence-electron chi connectivity index (χ0n) is 11.8. The molecule has 3 heteroatoms. The van der Waals surface area contributed by atoms with Crippen molar-refractivity contribution in [2.24, 2.45) is 5.41 Å². The van der Waals surface area contributed by atoms with Crippen LogP contribution in [0.5, 0.6) is 0 Å². The molecule has 0 saturated carbocycles. The second kappa shape index (κ2) is 4.47. The average molecular weight is 281 g/mol. The molecule has 0 aliphatic carbocycles. The first-order valence-electron chi connectivity index (χ1n) is 6.96. The SMILES string of the molecule is CC12CCC(O1)C(C)(C)C2OCc1ccccc1Cl. The van der Waals surface area contributed by atoms with E-state index in [0.717, 1.165) is 23.4 Å². The summed E-state index contributed by atoms with van der Waals surface area (Å²) in [7, 11) is 0. The molecule has 104 valence electrons. The van der Waals surface area contributed by atoms with Crippen molar-refractivity contribution in [3.8, 4) is 0 Å². The van der Waals surface area contributed by atoms with Gasteiger partial charge in [0.25, 0.3) is 0 Å². The zero-order chi connectivity index (χ0) is 13.7. The minimum atomic E-state index is -0.130. The Labute approximate surface area is 120 Å². The Morgan fingerprint density at radius 2 is 2.05 bits per heavy atom.